The normalized spacial score (nSPS) is 14.5. The van der Waals surface area contributed by atoms with Crippen LogP contribution in [-0.2, 0) is 5.41 Å². The highest BCUT2D eigenvalue weighted by atomic mass is 16.5. The second-order valence-electron chi connectivity index (χ2n) is 15.0. The van der Waals surface area contributed by atoms with Crippen molar-refractivity contribution in [3.63, 3.8) is 0 Å². The van der Waals surface area contributed by atoms with Crippen molar-refractivity contribution in [1.82, 2.24) is 0 Å². The van der Waals surface area contributed by atoms with E-state index in [0.717, 1.165) is 49.8 Å². The van der Waals surface area contributed by atoms with Crippen molar-refractivity contribution in [2.75, 3.05) is 0 Å². The van der Waals surface area contributed by atoms with E-state index in [1.807, 2.05) is 44.2 Å². The molecular weight excluding hydrogens is 633 g/mol. The summed E-state index contributed by atoms with van der Waals surface area (Å²) >= 11 is 0. The Bertz CT molecular complexity index is 1800. The number of hydrogen-bond donors (Lipinski definition) is 0. The number of rotatable bonds is 14. The second-order valence-corrected chi connectivity index (χ2v) is 15.0. The first-order chi connectivity index (χ1) is 24.4. The molecule has 0 aromatic heterocycles. The quantitative estimate of drug-likeness (QED) is 0.0749. The third-order valence-corrected chi connectivity index (χ3v) is 11.8. The van der Waals surface area contributed by atoms with E-state index in [9.17, 15) is 9.59 Å². The Morgan fingerprint density at radius 1 is 0.627 bits per heavy atom. The second kappa shape index (κ2) is 15.9. The summed E-state index contributed by atoms with van der Waals surface area (Å²) in [4.78, 5) is 26.2. The van der Waals surface area contributed by atoms with Crippen molar-refractivity contribution in [3.05, 3.63) is 118 Å². The number of ether oxygens (including phenoxy) is 3. The van der Waals surface area contributed by atoms with Crippen LogP contribution in [0.2, 0.25) is 0 Å². The lowest BCUT2D eigenvalue weighted by atomic mass is 9.65. The van der Waals surface area contributed by atoms with Gasteiger partial charge in [0.15, 0.2) is 5.78 Å². The molecule has 0 unspecified atom stereocenters. The molecule has 5 rings (SSSR count). The predicted octanol–water partition coefficient (Wildman–Crippen LogP) is 12.5. The Hall–Kier alpha value is -4.38. The lowest BCUT2D eigenvalue weighted by Gasteiger charge is -2.39. The van der Waals surface area contributed by atoms with Crippen LogP contribution in [0.15, 0.2) is 84.9 Å². The third kappa shape index (κ3) is 8.24. The van der Waals surface area contributed by atoms with Gasteiger partial charge in [-0.05, 0) is 142 Å². The Labute approximate surface area is 305 Å². The summed E-state index contributed by atoms with van der Waals surface area (Å²) in [6, 6.07) is 27.3. The molecule has 0 aliphatic heterocycles. The van der Waals surface area contributed by atoms with Crippen LogP contribution in [-0.4, -0.2) is 17.4 Å². The van der Waals surface area contributed by atoms with E-state index in [1.165, 1.54) is 36.0 Å². The fourth-order valence-electron chi connectivity index (χ4n) is 7.23. The Balaban J connectivity index is 1.28. The van der Waals surface area contributed by atoms with Gasteiger partial charge in [0.1, 0.15) is 28.6 Å². The van der Waals surface area contributed by atoms with Crippen LogP contribution in [0.1, 0.15) is 142 Å². The third-order valence-electron chi connectivity index (χ3n) is 11.8. The van der Waals surface area contributed by atoms with Gasteiger partial charge in [-0.2, -0.15) is 0 Å². The van der Waals surface area contributed by atoms with E-state index >= 15 is 0 Å². The van der Waals surface area contributed by atoms with Gasteiger partial charge < -0.3 is 14.2 Å². The van der Waals surface area contributed by atoms with Gasteiger partial charge in [-0.25, -0.2) is 4.79 Å². The number of Topliss-reactive ketones (excluding diaryl/α,β-unsaturated/α-hetero) is 1. The van der Waals surface area contributed by atoms with Gasteiger partial charge in [0.2, 0.25) is 0 Å². The zero-order chi connectivity index (χ0) is 36.8. The molecule has 0 saturated heterocycles. The van der Waals surface area contributed by atoms with Crippen LogP contribution in [0.4, 0.5) is 0 Å². The summed E-state index contributed by atoms with van der Waals surface area (Å²) in [6.45, 7) is 16.8. The maximum Gasteiger partial charge on any atom is 0.343 e. The predicted molar refractivity (Wildman–Crippen MR) is 207 cm³/mol. The molecule has 1 aliphatic rings. The number of carbonyl (C=O) groups is 2. The summed E-state index contributed by atoms with van der Waals surface area (Å²) in [5.74, 6) is 2.47. The number of hydrogen-bond acceptors (Lipinski definition) is 5. The molecule has 0 amide bonds. The highest BCUT2D eigenvalue weighted by Crippen LogP contribution is 2.47. The van der Waals surface area contributed by atoms with Crippen LogP contribution in [0, 0.1) is 19.3 Å². The zero-order valence-electron chi connectivity index (χ0n) is 32.0. The van der Waals surface area contributed by atoms with Gasteiger partial charge in [-0.3, -0.25) is 4.79 Å². The largest absolute Gasteiger partial charge is 0.487 e. The molecule has 0 spiro atoms. The monoisotopic (exact) mass is 688 g/mol. The molecule has 0 heterocycles. The summed E-state index contributed by atoms with van der Waals surface area (Å²) in [5.41, 5.74) is 5.20. The molecule has 0 radical (unpaired) electrons. The molecule has 1 aliphatic carbocycles. The Morgan fingerprint density at radius 3 is 1.59 bits per heavy atom. The van der Waals surface area contributed by atoms with E-state index < -0.39 is 5.97 Å². The maximum atomic E-state index is 13.2. The Morgan fingerprint density at radius 2 is 1.12 bits per heavy atom. The van der Waals surface area contributed by atoms with Crippen molar-refractivity contribution in [1.29, 1.82) is 0 Å². The first-order valence-electron chi connectivity index (χ1n) is 19.0. The van der Waals surface area contributed by atoms with E-state index in [4.69, 9.17) is 14.2 Å². The molecule has 0 N–H and O–H groups in total. The minimum absolute atomic E-state index is 0.0923. The maximum absolute atomic E-state index is 13.2. The van der Waals surface area contributed by atoms with Gasteiger partial charge in [0.25, 0.3) is 0 Å². The summed E-state index contributed by atoms with van der Waals surface area (Å²) in [5, 5.41) is 0. The minimum atomic E-state index is -0.417. The van der Waals surface area contributed by atoms with Gasteiger partial charge in [0, 0.05) is 16.4 Å². The van der Waals surface area contributed by atoms with Crippen molar-refractivity contribution >= 4 is 11.8 Å². The highest BCUT2D eigenvalue weighted by Gasteiger charge is 2.37. The zero-order valence-corrected chi connectivity index (χ0v) is 32.0. The van der Waals surface area contributed by atoms with Gasteiger partial charge in [-0.1, -0.05) is 78.1 Å². The van der Waals surface area contributed by atoms with Crippen LogP contribution >= 0.6 is 0 Å². The molecular formula is C46H56O5. The number of benzene rings is 4. The first kappa shape index (κ1) is 37.9. The first-order valence-corrected chi connectivity index (χ1v) is 19.0. The molecule has 1 saturated carbocycles. The molecule has 4 aromatic rings. The lowest BCUT2D eigenvalue weighted by Crippen LogP contribution is -2.32. The number of ketones is 1. The SMILES string of the molecule is CCC(C)(CC)Oc1ccc(C2(c3ccc(OC(=O)c4ccc(Oc5ccc(C(=O)C(C)(CC)CC)cc5)cc4)c(C)c3)CCCCC2)cc1C. The molecule has 4 aromatic carbocycles. The highest BCUT2D eigenvalue weighted by molar-refractivity contribution is 6.00. The van der Waals surface area contributed by atoms with Crippen LogP contribution in [0.5, 0.6) is 23.0 Å². The topological polar surface area (TPSA) is 61.8 Å². The average Bonchev–Trinajstić information content (AvgIpc) is 3.16. The van der Waals surface area contributed by atoms with Crippen LogP contribution < -0.4 is 14.2 Å². The van der Waals surface area contributed by atoms with Gasteiger partial charge in [0.05, 0.1) is 5.56 Å². The Kier molecular flexibility index (Phi) is 11.8. The molecule has 5 heteroatoms. The van der Waals surface area contributed by atoms with E-state index in [0.29, 0.717) is 28.4 Å². The van der Waals surface area contributed by atoms with Crippen molar-refractivity contribution in [2.45, 2.75) is 124 Å². The summed E-state index contributed by atoms with van der Waals surface area (Å²) < 4.78 is 18.5. The van der Waals surface area contributed by atoms with Gasteiger partial charge in [-0.15, -0.1) is 0 Å². The average molecular weight is 689 g/mol. The van der Waals surface area contributed by atoms with Crippen LogP contribution in [0.3, 0.4) is 0 Å². The minimum Gasteiger partial charge on any atom is -0.487 e. The number of esters is 1. The molecule has 0 bridgehead atoms. The van der Waals surface area contributed by atoms with E-state index in [-0.39, 0.29) is 22.2 Å². The molecule has 51 heavy (non-hydrogen) atoms. The molecule has 270 valence electrons. The number of aryl methyl sites for hydroxylation is 2. The van der Waals surface area contributed by atoms with Crippen molar-refractivity contribution < 1.29 is 23.8 Å². The van der Waals surface area contributed by atoms with Gasteiger partial charge >= 0.3 is 5.97 Å². The molecule has 5 nitrogen and oxygen atoms in total. The standard InChI is InChI=1S/C46H56O5/c1-9-44(7,10-2)42(47)34-16-22-38(23-17-34)49-39-24-18-35(19-25-39)43(48)50-40-26-20-36(30-32(40)5)46(28-14-13-15-29-46)37-21-27-41(33(6)31-37)51-45(8,11-3)12-4/h16-27,30-31H,9-15,28-29H2,1-8H3. The van der Waals surface area contributed by atoms with Crippen LogP contribution in [0.25, 0.3) is 0 Å². The van der Waals surface area contributed by atoms with Crippen molar-refractivity contribution in [2.24, 2.45) is 5.41 Å². The summed E-state index contributed by atoms with van der Waals surface area (Å²) in [6.07, 6.45) is 9.29. The molecule has 1 fully saturated rings. The fourth-order valence-corrected chi connectivity index (χ4v) is 7.23. The van der Waals surface area contributed by atoms with E-state index in [1.54, 1.807) is 24.3 Å². The van der Waals surface area contributed by atoms with E-state index in [2.05, 4.69) is 71.9 Å². The summed E-state index contributed by atoms with van der Waals surface area (Å²) in [7, 11) is 0. The number of carbonyl (C=O) groups excluding carboxylic acids is 2. The van der Waals surface area contributed by atoms with Crippen molar-refractivity contribution in [3.8, 4) is 23.0 Å². The fraction of sp³-hybridized carbons (Fsp3) is 0.435. The lowest BCUT2D eigenvalue weighted by molar-refractivity contribution is 0.0732. The molecule has 0 atom stereocenters. The smallest absolute Gasteiger partial charge is 0.343 e.